The van der Waals surface area contributed by atoms with Crippen LogP contribution in [-0.2, 0) is 16.9 Å². The number of likely N-dealkylation sites (tertiary alicyclic amines) is 1. The number of nitrogens with one attached hydrogen (secondary N) is 2. The number of fused-ring (bicyclic) bond motifs is 2. The molecule has 2 fully saturated rings. The van der Waals surface area contributed by atoms with Crippen LogP contribution in [0.1, 0.15) is 50.4 Å². The van der Waals surface area contributed by atoms with E-state index in [4.69, 9.17) is 9.15 Å². The molecule has 6 rings (SSSR count). The number of hydrogen-bond donors (Lipinski definition) is 2. The predicted molar refractivity (Wildman–Crippen MR) is 150 cm³/mol. The van der Waals surface area contributed by atoms with E-state index in [1.54, 1.807) is 30.3 Å². The molecule has 0 spiro atoms. The number of carbonyl (C=O) groups excluding carboxylic acids is 4. The summed E-state index contributed by atoms with van der Waals surface area (Å²) in [5, 5.41) is 5.65. The van der Waals surface area contributed by atoms with Gasteiger partial charge in [0.1, 0.15) is 17.1 Å². The third-order valence-electron chi connectivity index (χ3n) is 8.56. The Kier molecular flexibility index (Phi) is 6.49. The Labute approximate surface area is 237 Å². The summed E-state index contributed by atoms with van der Waals surface area (Å²) < 4.78 is 11.4. The number of rotatable bonds is 6. The maximum atomic E-state index is 13.5. The highest BCUT2D eigenvalue weighted by molar-refractivity contribution is 6.08. The molecule has 2 saturated heterocycles. The van der Waals surface area contributed by atoms with Crippen molar-refractivity contribution in [1.82, 2.24) is 25.3 Å². The number of aryl methyl sites for hydroxylation is 1. The van der Waals surface area contributed by atoms with Crippen molar-refractivity contribution in [2.75, 3.05) is 40.8 Å². The van der Waals surface area contributed by atoms with E-state index in [1.165, 1.54) is 12.0 Å². The van der Waals surface area contributed by atoms with E-state index in [-0.39, 0.29) is 30.7 Å². The fourth-order valence-electron chi connectivity index (χ4n) is 6.12. The van der Waals surface area contributed by atoms with Crippen molar-refractivity contribution in [3.8, 4) is 5.75 Å². The van der Waals surface area contributed by atoms with Gasteiger partial charge in [0.05, 0.1) is 13.7 Å². The molecular weight excluding hydrogens is 526 g/mol. The minimum absolute atomic E-state index is 0.0400. The van der Waals surface area contributed by atoms with Gasteiger partial charge in [-0.05, 0) is 75.3 Å². The number of piperidine rings is 1. The Balaban J connectivity index is 1.31. The van der Waals surface area contributed by atoms with Crippen molar-refractivity contribution in [3.63, 3.8) is 0 Å². The molecule has 1 unspecified atom stereocenters. The van der Waals surface area contributed by atoms with E-state index in [9.17, 15) is 19.2 Å². The van der Waals surface area contributed by atoms with Gasteiger partial charge in [-0.15, -0.1) is 0 Å². The summed E-state index contributed by atoms with van der Waals surface area (Å²) in [4.78, 5) is 58.1. The van der Waals surface area contributed by atoms with Gasteiger partial charge in [-0.25, -0.2) is 4.79 Å². The molecular formula is C30H33N5O6. The van der Waals surface area contributed by atoms with Gasteiger partial charge in [0, 0.05) is 42.2 Å². The zero-order valence-corrected chi connectivity index (χ0v) is 23.6. The van der Waals surface area contributed by atoms with Crippen LogP contribution in [0.4, 0.5) is 4.79 Å². The van der Waals surface area contributed by atoms with Crippen molar-refractivity contribution < 1.29 is 28.3 Å². The lowest BCUT2D eigenvalue weighted by Gasteiger charge is -2.35. The highest BCUT2D eigenvalue weighted by Gasteiger charge is 2.53. The van der Waals surface area contributed by atoms with Crippen LogP contribution in [0.25, 0.3) is 11.0 Å². The minimum Gasteiger partial charge on any atom is -0.497 e. The van der Waals surface area contributed by atoms with E-state index >= 15 is 0 Å². The van der Waals surface area contributed by atoms with Crippen LogP contribution in [-0.4, -0.2) is 85.3 Å². The summed E-state index contributed by atoms with van der Waals surface area (Å²) in [6, 6.07) is 10.3. The first-order chi connectivity index (χ1) is 19.6. The molecule has 3 aliphatic heterocycles. The standard InChI is InChI=1S/C30H33N5O6/c1-17-11-24-19(12-22(17)26(36)34-9-7-20(8-10-34)33(2)3)13-25(41-24)30(28(38)31-29(39)32-30)16-35-15-18-5-6-21(40-4)14-23(18)27(35)37/h5-6,11-14,20H,7-10,15-16H2,1-4H3,(H2,31,32,38,39). The maximum Gasteiger partial charge on any atom is 0.322 e. The van der Waals surface area contributed by atoms with E-state index in [0.29, 0.717) is 47.0 Å². The molecule has 3 aromatic rings. The molecule has 1 atom stereocenters. The molecule has 41 heavy (non-hydrogen) atoms. The predicted octanol–water partition coefficient (Wildman–Crippen LogP) is 2.61. The molecule has 0 aliphatic carbocycles. The number of ether oxygens (including phenoxy) is 1. The zero-order valence-electron chi connectivity index (χ0n) is 23.6. The zero-order chi connectivity index (χ0) is 29.1. The van der Waals surface area contributed by atoms with Crippen molar-refractivity contribution in [2.24, 2.45) is 0 Å². The third-order valence-corrected chi connectivity index (χ3v) is 8.56. The number of amides is 5. The molecule has 11 nitrogen and oxygen atoms in total. The van der Waals surface area contributed by atoms with Gasteiger partial charge in [-0.1, -0.05) is 6.07 Å². The van der Waals surface area contributed by atoms with Crippen LogP contribution in [0.5, 0.6) is 5.75 Å². The lowest BCUT2D eigenvalue weighted by Crippen LogP contribution is -2.52. The largest absolute Gasteiger partial charge is 0.497 e. The number of hydrogen-bond acceptors (Lipinski definition) is 7. The van der Waals surface area contributed by atoms with Crippen molar-refractivity contribution >= 4 is 34.7 Å². The summed E-state index contributed by atoms with van der Waals surface area (Å²) in [5.74, 6) is -0.180. The van der Waals surface area contributed by atoms with E-state index in [2.05, 4.69) is 29.6 Å². The fraction of sp³-hybridized carbons (Fsp3) is 0.400. The first kappa shape index (κ1) is 26.8. The van der Waals surface area contributed by atoms with Gasteiger partial charge in [0.2, 0.25) is 0 Å². The third kappa shape index (κ3) is 4.50. The Bertz CT molecular complexity index is 1590. The average molecular weight is 560 g/mol. The highest BCUT2D eigenvalue weighted by Crippen LogP contribution is 2.36. The number of furan rings is 1. The summed E-state index contributed by atoms with van der Waals surface area (Å²) in [7, 11) is 5.65. The first-order valence-corrected chi connectivity index (χ1v) is 13.7. The summed E-state index contributed by atoms with van der Waals surface area (Å²) in [6.07, 6.45) is 1.83. The maximum absolute atomic E-state index is 13.5. The summed E-state index contributed by atoms with van der Waals surface area (Å²) in [5.41, 5.74) is 1.46. The fourth-order valence-corrected chi connectivity index (χ4v) is 6.12. The van der Waals surface area contributed by atoms with Crippen LogP contribution in [0.2, 0.25) is 0 Å². The number of carbonyl (C=O) groups is 4. The van der Waals surface area contributed by atoms with Crippen molar-refractivity contribution in [3.05, 3.63) is 64.4 Å². The van der Waals surface area contributed by atoms with Crippen molar-refractivity contribution in [2.45, 2.75) is 37.9 Å². The number of urea groups is 1. The van der Waals surface area contributed by atoms with Gasteiger partial charge in [-0.2, -0.15) is 0 Å². The topological polar surface area (TPSA) is 124 Å². The number of methoxy groups -OCH3 is 1. The highest BCUT2D eigenvalue weighted by atomic mass is 16.5. The molecule has 0 radical (unpaired) electrons. The Hall–Kier alpha value is -4.38. The Morgan fingerprint density at radius 3 is 2.54 bits per heavy atom. The van der Waals surface area contributed by atoms with Crippen molar-refractivity contribution in [1.29, 1.82) is 0 Å². The molecule has 214 valence electrons. The van der Waals surface area contributed by atoms with Gasteiger partial charge in [0.25, 0.3) is 17.7 Å². The van der Waals surface area contributed by atoms with Gasteiger partial charge in [-0.3, -0.25) is 19.7 Å². The monoisotopic (exact) mass is 559 g/mol. The minimum atomic E-state index is -1.63. The smallest absolute Gasteiger partial charge is 0.322 e. The first-order valence-electron chi connectivity index (χ1n) is 13.7. The molecule has 5 amide bonds. The molecule has 0 bridgehead atoms. The normalized spacial score (nSPS) is 21.0. The second kappa shape index (κ2) is 9.91. The summed E-state index contributed by atoms with van der Waals surface area (Å²) >= 11 is 0. The van der Waals surface area contributed by atoms with Crippen LogP contribution >= 0.6 is 0 Å². The number of imide groups is 1. The van der Waals surface area contributed by atoms with E-state index < -0.39 is 17.5 Å². The molecule has 2 aromatic carbocycles. The lowest BCUT2D eigenvalue weighted by molar-refractivity contribution is -0.125. The molecule has 2 N–H and O–H groups in total. The Morgan fingerprint density at radius 1 is 1.12 bits per heavy atom. The van der Waals surface area contributed by atoms with Crippen LogP contribution in [0, 0.1) is 6.92 Å². The molecule has 0 saturated carbocycles. The van der Waals surface area contributed by atoms with Crippen LogP contribution in [0.15, 0.2) is 40.8 Å². The summed E-state index contributed by atoms with van der Waals surface area (Å²) in [6.45, 7) is 3.36. The second-order valence-corrected chi connectivity index (χ2v) is 11.3. The molecule has 11 heteroatoms. The van der Waals surface area contributed by atoms with Gasteiger partial charge in [0.15, 0.2) is 5.54 Å². The molecule has 4 heterocycles. The van der Waals surface area contributed by atoms with E-state index in [1.807, 2.05) is 17.9 Å². The van der Waals surface area contributed by atoms with Crippen LogP contribution < -0.4 is 15.4 Å². The Morgan fingerprint density at radius 2 is 1.88 bits per heavy atom. The average Bonchev–Trinajstić information content (AvgIpc) is 3.60. The number of nitrogens with zero attached hydrogens (tertiary/aromatic N) is 3. The van der Waals surface area contributed by atoms with Crippen LogP contribution in [0.3, 0.4) is 0 Å². The SMILES string of the molecule is COc1ccc2c(c1)C(=O)N(CC1(c3cc4cc(C(=O)N5CCC(N(C)C)CC5)c(C)cc4o3)NC(=O)NC1=O)C2. The quantitative estimate of drug-likeness (QED) is 0.445. The number of benzene rings is 2. The second-order valence-electron chi connectivity index (χ2n) is 11.3. The lowest BCUT2D eigenvalue weighted by atomic mass is 9.94. The molecule has 3 aliphatic rings. The van der Waals surface area contributed by atoms with Gasteiger partial charge >= 0.3 is 6.03 Å². The van der Waals surface area contributed by atoms with Gasteiger partial charge < -0.3 is 29.2 Å². The van der Waals surface area contributed by atoms with E-state index in [0.717, 1.165) is 24.0 Å². The molecule has 1 aromatic heterocycles.